The molecule has 138 valence electrons. The summed E-state index contributed by atoms with van der Waals surface area (Å²) in [6, 6.07) is 0. The second kappa shape index (κ2) is 6.66. The first-order valence-electron chi connectivity index (χ1n) is 7.56. The number of carboxylic acids is 2. The first-order valence-corrected chi connectivity index (χ1v) is 7.56. The fourth-order valence-electron chi connectivity index (χ4n) is 3.19. The molecule has 1 atom stereocenters. The number of carboxylic acid groups (broad SMARTS) is 2. The Balaban J connectivity index is 2.80. The van der Waals surface area contributed by atoms with Crippen LogP contribution in [0.1, 0.15) is 53.4 Å². The van der Waals surface area contributed by atoms with Gasteiger partial charge in [0.25, 0.3) is 0 Å². The number of hydroxylamine groups is 2. The number of carbonyl (C=O) groups is 3. The first kappa shape index (κ1) is 20.3. The number of ether oxygens (including phenoxy) is 1. The molecule has 0 aromatic rings. The monoisotopic (exact) mass is 347 g/mol. The molecular weight excluding hydrogens is 322 g/mol. The molecule has 0 aromatic carbocycles. The third-order valence-corrected chi connectivity index (χ3v) is 4.18. The van der Waals surface area contributed by atoms with Crippen molar-refractivity contribution in [2.75, 3.05) is 0 Å². The van der Waals surface area contributed by atoms with E-state index in [4.69, 9.17) is 14.9 Å². The number of carbonyl (C=O) groups excluding carboxylic acids is 1. The summed E-state index contributed by atoms with van der Waals surface area (Å²) in [5.41, 5.74) is -4.06. The third kappa shape index (κ3) is 4.65. The molecule has 1 rings (SSSR count). The Morgan fingerprint density at radius 1 is 1.08 bits per heavy atom. The zero-order valence-corrected chi connectivity index (χ0v) is 14.3. The van der Waals surface area contributed by atoms with Crippen LogP contribution in [0.2, 0.25) is 0 Å². The van der Waals surface area contributed by atoms with Crippen molar-refractivity contribution in [2.24, 2.45) is 0 Å². The minimum atomic E-state index is -2.72. The van der Waals surface area contributed by atoms with Gasteiger partial charge in [-0.15, -0.1) is 0 Å². The number of hydrogen-bond acceptors (Lipinski definition) is 7. The molecule has 24 heavy (non-hydrogen) atoms. The molecular formula is C15H25NO8. The van der Waals surface area contributed by atoms with Crippen molar-refractivity contribution in [3.63, 3.8) is 0 Å². The van der Waals surface area contributed by atoms with Gasteiger partial charge in [-0.3, -0.25) is 9.59 Å². The number of esters is 1. The second-order valence-electron chi connectivity index (χ2n) is 7.54. The number of aliphatic carboxylic acids is 2. The number of aliphatic hydroxyl groups is 1. The normalized spacial score (nSPS) is 23.2. The van der Waals surface area contributed by atoms with Gasteiger partial charge in [-0.1, -0.05) is 0 Å². The molecule has 4 N–H and O–H groups in total. The summed E-state index contributed by atoms with van der Waals surface area (Å²) in [7, 11) is 0. The van der Waals surface area contributed by atoms with Gasteiger partial charge in [-0.2, -0.15) is 5.06 Å². The van der Waals surface area contributed by atoms with E-state index in [2.05, 4.69) is 0 Å². The van der Waals surface area contributed by atoms with E-state index in [-0.39, 0.29) is 0 Å². The van der Waals surface area contributed by atoms with E-state index in [1.54, 1.807) is 27.7 Å². The maximum absolute atomic E-state index is 12.0. The van der Waals surface area contributed by atoms with Crippen LogP contribution in [0.5, 0.6) is 0 Å². The van der Waals surface area contributed by atoms with E-state index in [0.717, 1.165) is 0 Å². The van der Waals surface area contributed by atoms with Crippen molar-refractivity contribution in [2.45, 2.75) is 76.2 Å². The predicted octanol–water partition coefficient (Wildman–Crippen LogP) is 0.621. The lowest BCUT2D eigenvalue weighted by atomic mass is 9.80. The highest BCUT2D eigenvalue weighted by Crippen LogP contribution is 2.38. The van der Waals surface area contributed by atoms with Gasteiger partial charge in [-0.05, 0) is 27.7 Å². The van der Waals surface area contributed by atoms with E-state index >= 15 is 0 Å². The Labute approximate surface area is 139 Å². The lowest BCUT2D eigenvalue weighted by molar-refractivity contribution is -0.259. The molecule has 1 aliphatic heterocycles. The van der Waals surface area contributed by atoms with Crippen molar-refractivity contribution < 1.29 is 39.6 Å². The van der Waals surface area contributed by atoms with Crippen molar-refractivity contribution in [3.8, 4) is 0 Å². The molecule has 0 radical (unpaired) electrons. The molecule has 0 aliphatic carbocycles. The third-order valence-electron chi connectivity index (χ3n) is 4.18. The van der Waals surface area contributed by atoms with Gasteiger partial charge in [0.1, 0.15) is 6.10 Å². The van der Waals surface area contributed by atoms with Gasteiger partial charge in [0, 0.05) is 23.9 Å². The predicted molar refractivity (Wildman–Crippen MR) is 80.4 cm³/mol. The number of piperidine rings is 1. The van der Waals surface area contributed by atoms with Crippen LogP contribution in [0.4, 0.5) is 0 Å². The summed E-state index contributed by atoms with van der Waals surface area (Å²) in [6.45, 7) is 7.08. The van der Waals surface area contributed by atoms with Crippen LogP contribution in [-0.4, -0.2) is 66.3 Å². The molecule has 1 fully saturated rings. The Hall–Kier alpha value is -1.71. The molecule has 9 heteroatoms. The molecule has 0 bridgehead atoms. The molecule has 0 amide bonds. The highest BCUT2D eigenvalue weighted by molar-refractivity contribution is 5.88. The van der Waals surface area contributed by atoms with Crippen LogP contribution in [0, 0.1) is 0 Å². The van der Waals surface area contributed by atoms with Crippen molar-refractivity contribution in [3.05, 3.63) is 0 Å². The van der Waals surface area contributed by atoms with Gasteiger partial charge < -0.3 is 25.3 Å². The summed E-state index contributed by atoms with van der Waals surface area (Å²) in [4.78, 5) is 33.8. The van der Waals surface area contributed by atoms with Crippen LogP contribution in [0.25, 0.3) is 0 Å². The summed E-state index contributed by atoms with van der Waals surface area (Å²) >= 11 is 0. The fraction of sp³-hybridized carbons (Fsp3) is 0.800. The van der Waals surface area contributed by atoms with Gasteiger partial charge in [0.05, 0.1) is 12.8 Å². The van der Waals surface area contributed by atoms with E-state index in [9.17, 15) is 24.7 Å². The van der Waals surface area contributed by atoms with E-state index in [0.29, 0.717) is 12.8 Å². The number of hydrogen-bond donors (Lipinski definition) is 4. The highest BCUT2D eigenvalue weighted by atomic mass is 16.6. The van der Waals surface area contributed by atoms with Crippen molar-refractivity contribution in [1.29, 1.82) is 0 Å². The standard InChI is InChI=1S/C15H25NO8/c1-13(2)5-9(6-14(3,4)16(13)23)24-11(19)8-15(22,12(20)21)7-10(17)18/h9,22-23H,5-8H2,1-4H3,(H,17,18)(H,20,21). The number of nitrogens with zero attached hydrogens (tertiary/aromatic N) is 1. The van der Waals surface area contributed by atoms with Crippen LogP contribution in [0.15, 0.2) is 0 Å². The fourth-order valence-corrected chi connectivity index (χ4v) is 3.19. The summed E-state index contributed by atoms with van der Waals surface area (Å²) < 4.78 is 5.25. The minimum absolute atomic E-state index is 0.309. The quantitative estimate of drug-likeness (QED) is 0.508. The second-order valence-corrected chi connectivity index (χ2v) is 7.54. The lowest BCUT2D eigenvalue weighted by Gasteiger charge is -2.50. The topological polar surface area (TPSA) is 145 Å². The first-order chi connectivity index (χ1) is 10.7. The van der Waals surface area contributed by atoms with E-state index < -0.39 is 53.5 Å². The lowest BCUT2D eigenvalue weighted by Crippen LogP contribution is -2.60. The minimum Gasteiger partial charge on any atom is -0.481 e. The van der Waals surface area contributed by atoms with Crippen LogP contribution >= 0.6 is 0 Å². The maximum atomic E-state index is 12.0. The summed E-state index contributed by atoms with van der Waals surface area (Å²) in [5.74, 6) is -4.33. The zero-order valence-electron chi connectivity index (χ0n) is 14.3. The molecule has 1 aliphatic rings. The van der Waals surface area contributed by atoms with Gasteiger partial charge in [-0.25, -0.2) is 4.79 Å². The van der Waals surface area contributed by atoms with E-state index in [1.165, 1.54) is 5.06 Å². The van der Waals surface area contributed by atoms with E-state index in [1.807, 2.05) is 0 Å². The maximum Gasteiger partial charge on any atom is 0.336 e. The summed E-state index contributed by atoms with van der Waals surface area (Å²) in [5, 5.41) is 38.9. The molecule has 1 saturated heterocycles. The smallest absolute Gasteiger partial charge is 0.336 e. The van der Waals surface area contributed by atoms with Gasteiger partial charge in [0.2, 0.25) is 0 Å². The highest BCUT2D eigenvalue weighted by Gasteiger charge is 2.47. The molecule has 0 saturated carbocycles. The van der Waals surface area contributed by atoms with Gasteiger partial charge >= 0.3 is 17.9 Å². The molecule has 1 heterocycles. The SMILES string of the molecule is CC1(C)CC(OC(=O)CC(O)(CC(=O)O)C(=O)O)CC(C)(C)N1O. The van der Waals surface area contributed by atoms with Gasteiger partial charge in [0.15, 0.2) is 5.60 Å². The van der Waals surface area contributed by atoms with Crippen LogP contribution < -0.4 is 0 Å². The number of rotatable bonds is 6. The largest absolute Gasteiger partial charge is 0.481 e. The molecule has 0 spiro atoms. The molecule has 1 unspecified atom stereocenters. The average molecular weight is 347 g/mol. The van der Waals surface area contributed by atoms with Crippen molar-refractivity contribution >= 4 is 17.9 Å². The molecule has 9 nitrogen and oxygen atoms in total. The molecule has 0 aromatic heterocycles. The average Bonchev–Trinajstić information content (AvgIpc) is 2.33. The Morgan fingerprint density at radius 3 is 1.92 bits per heavy atom. The Bertz CT molecular complexity index is 512. The Morgan fingerprint density at radius 2 is 1.54 bits per heavy atom. The van der Waals surface area contributed by atoms with Crippen LogP contribution in [-0.2, 0) is 19.1 Å². The zero-order chi connectivity index (χ0) is 18.9. The Kier molecular flexibility index (Phi) is 5.64. The van der Waals surface area contributed by atoms with Crippen molar-refractivity contribution in [1.82, 2.24) is 5.06 Å². The summed E-state index contributed by atoms with van der Waals surface area (Å²) in [6.07, 6.45) is -2.04. The van der Waals surface area contributed by atoms with Crippen LogP contribution in [0.3, 0.4) is 0 Å².